The van der Waals surface area contributed by atoms with Crippen LogP contribution in [0.25, 0.3) is 0 Å². The topological polar surface area (TPSA) is 123 Å². The fraction of sp³-hybridized carbons (Fsp3) is 0.364. The van der Waals surface area contributed by atoms with E-state index >= 15 is 0 Å². The van der Waals surface area contributed by atoms with E-state index in [1.165, 1.54) is 0 Å². The number of hydrogen-bond donors (Lipinski definition) is 1. The van der Waals surface area contributed by atoms with Crippen LogP contribution in [-0.4, -0.2) is 50.3 Å². The van der Waals surface area contributed by atoms with Gasteiger partial charge in [0.05, 0.1) is 29.1 Å². The Hall–Kier alpha value is -3.45. The van der Waals surface area contributed by atoms with E-state index in [1.54, 1.807) is 48.3 Å². The molecule has 0 bridgehead atoms. The molecule has 0 saturated carbocycles. The molecular weight excluding hydrogens is 430 g/mol. The van der Waals surface area contributed by atoms with Crippen LogP contribution in [0.5, 0.6) is 0 Å². The van der Waals surface area contributed by atoms with Gasteiger partial charge < -0.3 is 9.80 Å². The van der Waals surface area contributed by atoms with Crippen molar-refractivity contribution in [3.05, 3.63) is 58.8 Å². The molecule has 166 valence electrons. The minimum Gasteiger partial charge on any atom is -0.355 e. The van der Waals surface area contributed by atoms with Gasteiger partial charge in [-0.05, 0) is 24.5 Å². The van der Waals surface area contributed by atoms with Crippen molar-refractivity contribution in [2.75, 3.05) is 25.0 Å². The zero-order valence-electron chi connectivity index (χ0n) is 17.6. The maximum absolute atomic E-state index is 12.6. The van der Waals surface area contributed by atoms with E-state index in [2.05, 4.69) is 15.8 Å². The van der Waals surface area contributed by atoms with Gasteiger partial charge in [0.25, 0.3) is 5.91 Å². The normalized spacial score (nSPS) is 16.6. The summed E-state index contributed by atoms with van der Waals surface area (Å²) in [6.07, 6.45) is 0.879. The van der Waals surface area contributed by atoms with E-state index in [-0.39, 0.29) is 11.7 Å². The average Bonchev–Trinajstić information content (AvgIpc) is 3.05. The minimum absolute atomic E-state index is 0.150. The van der Waals surface area contributed by atoms with E-state index in [9.17, 15) is 23.3 Å². The lowest BCUT2D eigenvalue weighted by Gasteiger charge is -2.32. The largest absolute Gasteiger partial charge is 0.355 e. The fourth-order valence-corrected chi connectivity index (χ4v) is 5.27. The van der Waals surface area contributed by atoms with Crippen molar-refractivity contribution in [2.24, 2.45) is 5.92 Å². The number of anilines is 1. The number of carbonyl (C=O) groups is 2. The van der Waals surface area contributed by atoms with Crippen LogP contribution in [0.2, 0.25) is 0 Å². The molecule has 2 aromatic rings. The second kappa shape index (κ2) is 8.59. The highest BCUT2D eigenvalue weighted by Crippen LogP contribution is 2.29. The summed E-state index contributed by atoms with van der Waals surface area (Å²) in [5.74, 6) is -0.844. The van der Waals surface area contributed by atoms with Gasteiger partial charge in [-0.1, -0.05) is 30.3 Å². The van der Waals surface area contributed by atoms with E-state index in [1.807, 2.05) is 4.90 Å². The number of nitrogens with zero attached hydrogens (tertiary/aromatic N) is 4. The number of hydrogen-bond acceptors (Lipinski definition) is 7. The number of piperidine rings is 1. The lowest BCUT2D eigenvalue weighted by atomic mass is 9.96. The molecule has 0 radical (unpaired) electrons. The number of amides is 2. The molecule has 10 heteroatoms. The lowest BCUT2D eigenvalue weighted by Crippen LogP contribution is -2.43. The Morgan fingerprint density at radius 1 is 1.25 bits per heavy atom. The molecule has 3 heterocycles. The Balaban J connectivity index is 1.40. The predicted molar refractivity (Wildman–Crippen MR) is 117 cm³/mol. The molecular formula is C22H23N5O4S. The number of carbonyl (C=O) groups excluding carboxylic acids is 2. The number of nitriles is 1. The third-order valence-corrected chi connectivity index (χ3v) is 7.01. The van der Waals surface area contributed by atoms with Gasteiger partial charge in [-0.3, -0.25) is 14.3 Å². The highest BCUT2D eigenvalue weighted by Gasteiger charge is 2.32. The van der Waals surface area contributed by atoms with E-state index < -0.39 is 21.8 Å². The minimum atomic E-state index is -3.78. The lowest BCUT2D eigenvalue weighted by molar-refractivity contribution is -0.123. The summed E-state index contributed by atoms with van der Waals surface area (Å²) in [5.41, 5.74) is 2.02. The second-order valence-corrected chi connectivity index (χ2v) is 9.82. The maximum atomic E-state index is 12.6. The molecule has 0 spiro atoms. The van der Waals surface area contributed by atoms with Crippen LogP contribution < -0.4 is 9.62 Å². The number of sulfonamides is 1. The smallest absolute Gasteiger partial charge is 0.255 e. The van der Waals surface area contributed by atoms with Gasteiger partial charge in [0.1, 0.15) is 11.9 Å². The van der Waals surface area contributed by atoms with Crippen LogP contribution in [0.4, 0.5) is 5.82 Å². The molecule has 4 rings (SSSR count). The molecule has 2 aliphatic rings. The third kappa shape index (κ3) is 4.43. The average molecular weight is 454 g/mol. The molecule has 2 aliphatic heterocycles. The van der Waals surface area contributed by atoms with Crippen molar-refractivity contribution >= 4 is 27.7 Å². The quantitative estimate of drug-likeness (QED) is 0.726. The highest BCUT2D eigenvalue weighted by atomic mass is 32.2. The highest BCUT2D eigenvalue weighted by molar-refractivity contribution is 7.89. The molecule has 1 N–H and O–H groups in total. The summed E-state index contributed by atoms with van der Waals surface area (Å²) in [7, 11) is -2.10. The molecule has 1 saturated heterocycles. The van der Waals surface area contributed by atoms with Gasteiger partial charge in [0.2, 0.25) is 15.9 Å². The summed E-state index contributed by atoms with van der Waals surface area (Å²) in [4.78, 5) is 32.8. The van der Waals surface area contributed by atoms with Gasteiger partial charge in [-0.2, -0.15) is 5.26 Å². The van der Waals surface area contributed by atoms with E-state index in [0.717, 1.165) is 0 Å². The molecule has 2 amide bonds. The van der Waals surface area contributed by atoms with E-state index in [0.29, 0.717) is 60.7 Å². The second-order valence-electron chi connectivity index (χ2n) is 8.10. The van der Waals surface area contributed by atoms with Gasteiger partial charge in [0, 0.05) is 26.1 Å². The van der Waals surface area contributed by atoms with Crippen LogP contribution in [0.1, 0.15) is 40.0 Å². The van der Waals surface area contributed by atoms with Crippen molar-refractivity contribution in [3.8, 4) is 6.07 Å². The standard InChI is InChI=1S/C22H23N5O4S/c1-26-13-19-18(22(26)29)11-17(12-23)20(24-19)27-9-7-16(8-10-27)21(28)25-32(30,31)14-15-5-3-2-4-6-15/h2-6,11,16H,7-10,13-14H2,1H3,(H,25,28). The summed E-state index contributed by atoms with van der Waals surface area (Å²) >= 11 is 0. The first-order valence-corrected chi connectivity index (χ1v) is 12.0. The number of nitrogens with one attached hydrogen (secondary N) is 1. The molecule has 9 nitrogen and oxygen atoms in total. The Kier molecular flexibility index (Phi) is 5.84. The first-order valence-electron chi connectivity index (χ1n) is 10.3. The Labute approximate surface area is 186 Å². The van der Waals surface area contributed by atoms with Crippen LogP contribution in [0.15, 0.2) is 36.4 Å². The molecule has 1 fully saturated rings. The zero-order valence-corrected chi connectivity index (χ0v) is 18.4. The van der Waals surface area contributed by atoms with Crippen molar-refractivity contribution in [2.45, 2.75) is 25.1 Å². The Morgan fingerprint density at radius 2 is 1.94 bits per heavy atom. The number of rotatable bonds is 5. The van der Waals surface area contributed by atoms with Gasteiger partial charge in [-0.15, -0.1) is 0 Å². The summed E-state index contributed by atoms with van der Waals surface area (Å²) in [5, 5.41) is 9.55. The van der Waals surface area contributed by atoms with E-state index in [4.69, 9.17) is 0 Å². The first kappa shape index (κ1) is 21.8. The molecule has 1 aromatic heterocycles. The molecule has 0 aliphatic carbocycles. The molecule has 0 unspecified atom stereocenters. The van der Waals surface area contributed by atoms with Crippen LogP contribution >= 0.6 is 0 Å². The molecule has 32 heavy (non-hydrogen) atoms. The van der Waals surface area contributed by atoms with Crippen LogP contribution in [-0.2, 0) is 27.1 Å². The number of pyridine rings is 1. The maximum Gasteiger partial charge on any atom is 0.255 e. The van der Waals surface area contributed by atoms with Gasteiger partial charge in [-0.25, -0.2) is 13.4 Å². The Bertz CT molecular complexity index is 1200. The fourth-order valence-electron chi connectivity index (χ4n) is 4.09. The number of aromatic nitrogens is 1. The monoisotopic (exact) mass is 453 g/mol. The van der Waals surface area contributed by atoms with Crippen LogP contribution in [0.3, 0.4) is 0 Å². The molecule has 0 atom stereocenters. The van der Waals surface area contributed by atoms with Crippen molar-refractivity contribution in [3.63, 3.8) is 0 Å². The van der Waals surface area contributed by atoms with Gasteiger partial charge in [0.15, 0.2) is 0 Å². The summed E-state index contributed by atoms with van der Waals surface area (Å²) in [6, 6.07) is 12.4. The number of fused-ring (bicyclic) bond motifs is 1. The SMILES string of the molecule is CN1Cc2nc(N3CCC(C(=O)NS(=O)(=O)Cc4ccccc4)CC3)c(C#N)cc2C1=O. The van der Waals surface area contributed by atoms with Crippen molar-refractivity contribution in [1.82, 2.24) is 14.6 Å². The van der Waals surface area contributed by atoms with Gasteiger partial charge >= 0.3 is 0 Å². The first-order chi connectivity index (χ1) is 15.3. The number of benzene rings is 1. The van der Waals surface area contributed by atoms with Crippen molar-refractivity contribution < 1.29 is 18.0 Å². The summed E-state index contributed by atoms with van der Waals surface area (Å²) < 4.78 is 26.9. The Morgan fingerprint density at radius 3 is 2.59 bits per heavy atom. The van der Waals surface area contributed by atoms with Crippen LogP contribution in [0, 0.1) is 17.2 Å². The van der Waals surface area contributed by atoms with Crippen molar-refractivity contribution in [1.29, 1.82) is 5.26 Å². The summed E-state index contributed by atoms with van der Waals surface area (Å²) in [6.45, 7) is 1.31. The predicted octanol–water partition coefficient (Wildman–Crippen LogP) is 1.40. The zero-order chi connectivity index (χ0) is 22.9. The molecule has 1 aromatic carbocycles. The third-order valence-electron chi connectivity index (χ3n) is 5.79.